The summed E-state index contributed by atoms with van der Waals surface area (Å²) >= 11 is 0. The molecule has 3 heteroatoms. The fourth-order valence-corrected chi connectivity index (χ4v) is 13.9. The molecule has 13 aromatic carbocycles. The van der Waals surface area contributed by atoms with Gasteiger partial charge in [-0.05, 0) is 195 Å². The minimum absolute atomic E-state index is 0.101. The van der Waals surface area contributed by atoms with Crippen LogP contribution >= 0.6 is 0 Å². The van der Waals surface area contributed by atoms with Crippen molar-refractivity contribution in [3.63, 3.8) is 0 Å². The van der Waals surface area contributed by atoms with Gasteiger partial charge in [0.05, 0.1) is 0 Å². The van der Waals surface area contributed by atoms with Crippen LogP contribution in [-0.4, -0.2) is 6.71 Å². The van der Waals surface area contributed by atoms with Crippen LogP contribution in [-0.2, 0) is 21.7 Å². The van der Waals surface area contributed by atoms with E-state index in [2.05, 4.69) is 293 Å². The lowest BCUT2D eigenvalue weighted by molar-refractivity contribution is 0.568. The highest BCUT2D eigenvalue weighted by molar-refractivity contribution is 7.00. The van der Waals surface area contributed by atoms with Gasteiger partial charge in [-0.1, -0.05) is 235 Å². The van der Waals surface area contributed by atoms with Crippen LogP contribution in [0.15, 0.2) is 200 Å². The van der Waals surface area contributed by atoms with E-state index in [1.807, 2.05) is 0 Å². The van der Waals surface area contributed by atoms with Crippen molar-refractivity contribution in [3.8, 4) is 11.1 Å². The third-order valence-corrected chi connectivity index (χ3v) is 18.5. The lowest BCUT2D eigenvalue weighted by Crippen LogP contribution is -2.61. The van der Waals surface area contributed by atoms with Gasteiger partial charge < -0.3 is 9.80 Å². The van der Waals surface area contributed by atoms with Crippen LogP contribution in [0.2, 0.25) is 0 Å². The number of hydrogen-bond acceptors (Lipinski definition) is 2. The Hall–Kier alpha value is -8.40. The quantitative estimate of drug-likeness (QED) is 0.129. The Balaban J connectivity index is 1.15. The molecule has 0 bridgehead atoms. The first-order chi connectivity index (χ1) is 38.7. The molecule has 2 aliphatic rings. The van der Waals surface area contributed by atoms with Crippen LogP contribution in [0.25, 0.3) is 86.5 Å². The van der Waals surface area contributed by atoms with Crippen molar-refractivity contribution in [1.29, 1.82) is 0 Å². The van der Waals surface area contributed by atoms with Crippen LogP contribution in [0.1, 0.15) is 105 Å². The lowest BCUT2D eigenvalue weighted by atomic mass is 9.33. The fourth-order valence-electron chi connectivity index (χ4n) is 13.9. The normalized spacial score (nSPS) is 13.9. The van der Waals surface area contributed by atoms with E-state index >= 15 is 0 Å². The second-order valence-corrected chi connectivity index (χ2v) is 27.9. The highest BCUT2D eigenvalue weighted by Crippen LogP contribution is 2.51. The van der Waals surface area contributed by atoms with Gasteiger partial charge in [0, 0.05) is 34.1 Å². The van der Waals surface area contributed by atoms with Crippen LogP contribution in [0.5, 0.6) is 0 Å². The molecular weight excluding hydrogens is 976 g/mol. The van der Waals surface area contributed by atoms with E-state index in [-0.39, 0.29) is 28.4 Å². The number of rotatable bonds is 3. The molecule has 2 aliphatic heterocycles. The van der Waals surface area contributed by atoms with E-state index in [1.165, 1.54) is 159 Å². The molecule has 0 aliphatic carbocycles. The first-order valence-electron chi connectivity index (χ1n) is 29.3. The third-order valence-electron chi connectivity index (χ3n) is 18.5. The molecule has 2 nitrogen and oxygen atoms in total. The molecule has 0 saturated heterocycles. The summed E-state index contributed by atoms with van der Waals surface area (Å²) in [5.74, 6) is 0. The summed E-state index contributed by atoms with van der Waals surface area (Å²) in [4.78, 5) is 5.39. The van der Waals surface area contributed by atoms with Gasteiger partial charge in [0.2, 0.25) is 0 Å². The van der Waals surface area contributed by atoms with Crippen molar-refractivity contribution in [3.05, 3.63) is 222 Å². The van der Waals surface area contributed by atoms with E-state index in [4.69, 9.17) is 0 Å². The van der Waals surface area contributed by atoms with E-state index < -0.39 is 0 Å². The van der Waals surface area contributed by atoms with Gasteiger partial charge in [-0.2, -0.15) is 0 Å². The van der Waals surface area contributed by atoms with Crippen LogP contribution in [0.3, 0.4) is 0 Å². The van der Waals surface area contributed by atoms with Crippen molar-refractivity contribution >= 4 is 133 Å². The van der Waals surface area contributed by atoms with Crippen molar-refractivity contribution in [2.45, 2.75) is 105 Å². The van der Waals surface area contributed by atoms with Crippen molar-refractivity contribution < 1.29 is 0 Å². The molecule has 0 fully saturated rings. The zero-order chi connectivity index (χ0) is 55.8. The molecule has 15 rings (SSSR count). The Morgan fingerprint density at radius 2 is 0.667 bits per heavy atom. The Morgan fingerprint density at radius 3 is 1.12 bits per heavy atom. The highest BCUT2D eigenvalue weighted by Gasteiger charge is 2.45. The molecule has 394 valence electrons. The molecule has 0 saturated carbocycles. The average Bonchev–Trinajstić information content (AvgIpc) is 3.37. The Morgan fingerprint density at radius 1 is 0.284 bits per heavy atom. The predicted octanol–water partition coefficient (Wildman–Crippen LogP) is 20.1. The largest absolute Gasteiger partial charge is 0.311 e. The smallest absolute Gasteiger partial charge is 0.252 e. The lowest BCUT2D eigenvalue weighted by Gasteiger charge is -2.45. The standard InChI is InChI=1S/C78H69BN2/c1-75(2,3)54-38-55(76(4,5)6)41-58(40-54)80-68-44-64-51(28-24-46-18-13-15-22-60(46)64)34-66(68)79-67-35-52-29-25-47-19-14-16-23-61(47)65(52)45-69(67)81(59-42-56(77(7,8)9)39-57(43-59)78(10,11)12)71-37-53(36-70(80)74(71)79)62-32-30-50-27-26-48-20-17-21-49-31-33-63(62)73(50)72(48)49/h13-45H,1-12H3. The summed E-state index contributed by atoms with van der Waals surface area (Å²) in [6, 6.07) is 78.6. The molecule has 0 spiro atoms. The number of fused-ring (bicyclic) bond motifs is 10. The van der Waals surface area contributed by atoms with Crippen LogP contribution in [0, 0.1) is 0 Å². The molecule has 2 heterocycles. The minimum atomic E-state index is -0.108. The maximum Gasteiger partial charge on any atom is 0.252 e. The van der Waals surface area contributed by atoms with Gasteiger partial charge in [0.1, 0.15) is 0 Å². The molecule has 0 radical (unpaired) electrons. The van der Waals surface area contributed by atoms with E-state index in [0.29, 0.717) is 0 Å². The van der Waals surface area contributed by atoms with Crippen LogP contribution in [0.4, 0.5) is 34.1 Å². The molecule has 0 amide bonds. The molecule has 0 aromatic heterocycles. The summed E-state index contributed by atoms with van der Waals surface area (Å²) in [5, 5.41) is 17.8. The van der Waals surface area contributed by atoms with Crippen molar-refractivity contribution in [2.24, 2.45) is 0 Å². The zero-order valence-corrected chi connectivity index (χ0v) is 49.0. The number of benzene rings is 13. The average molecular weight is 1050 g/mol. The second-order valence-electron chi connectivity index (χ2n) is 27.9. The molecular formula is C78H69BN2. The predicted molar refractivity (Wildman–Crippen MR) is 354 cm³/mol. The number of hydrogen-bond donors (Lipinski definition) is 0. The Bertz CT molecular complexity index is 4510. The van der Waals surface area contributed by atoms with Gasteiger partial charge in [-0.15, -0.1) is 0 Å². The van der Waals surface area contributed by atoms with E-state index in [0.717, 1.165) is 0 Å². The topological polar surface area (TPSA) is 6.48 Å². The summed E-state index contributed by atoms with van der Waals surface area (Å²) < 4.78 is 0. The second kappa shape index (κ2) is 17.1. The van der Waals surface area contributed by atoms with Crippen molar-refractivity contribution in [2.75, 3.05) is 9.80 Å². The molecule has 13 aromatic rings. The highest BCUT2D eigenvalue weighted by atomic mass is 15.2. The van der Waals surface area contributed by atoms with E-state index in [1.54, 1.807) is 0 Å². The van der Waals surface area contributed by atoms with Crippen LogP contribution < -0.4 is 26.2 Å². The van der Waals surface area contributed by atoms with Crippen molar-refractivity contribution in [1.82, 2.24) is 0 Å². The number of nitrogens with zero attached hydrogens (tertiary/aromatic N) is 2. The fraction of sp³-hybridized carbons (Fsp3) is 0.205. The van der Waals surface area contributed by atoms with Gasteiger partial charge in [-0.25, -0.2) is 0 Å². The molecule has 0 atom stereocenters. The molecule has 0 N–H and O–H groups in total. The summed E-state index contributed by atoms with van der Waals surface area (Å²) in [6.45, 7) is 28.3. The monoisotopic (exact) mass is 1040 g/mol. The Kier molecular flexibility index (Phi) is 10.5. The maximum absolute atomic E-state index is 2.69. The SMILES string of the molecule is CC(C)(C)c1cc(N2c3cc4c(ccc5ccccc54)cc3B3c4cc5ccc6ccccc6c5cc4N(c4cc(C(C)(C)C)cc(C(C)(C)C)c4)c4cc(-c5ccc6ccc7cccc8ccc5c6c78)cc2c43)cc(C(C)(C)C)c1. The zero-order valence-electron chi connectivity index (χ0n) is 49.0. The summed E-state index contributed by atoms with van der Waals surface area (Å²) in [6.07, 6.45) is 0. The summed E-state index contributed by atoms with van der Waals surface area (Å²) in [7, 11) is 0. The van der Waals surface area contributed by atoms with Gasteiger partial charge in [0.15, 0.2) is 0 Å². The van der Waals surface area contributed by atoms with Gasteiger partial charge >= 0.3 is 0 Å². The maximum atomic E-state index is 2.69. The molecule has 0 unspecified atom stereocenters. The van der Waals surface area contributed by atoms with Gasteiger partial charge in [-0.3, -0.25) is 0 Å². The van der Waals surface area contributed by atoms with Gasteiger partial charge in [0.25, 0.3) is 6.71 Å². The molecule has 81 heavy (non-hydrogen) atoms. The first kappa shape index (κ1) is 49.6. The van der Waals surface area contributed by atoms with E-state index in [9.17, 15) is 0 Å². The summed E-state index contributed by atoms with van der Waals surface area (Å²) in [5.41, 5.74) is 18.6. The minimum Gasteiger partial charge on any atom is -0.311 e. The Labute approximate surface area is 478 Å². The third kappa shape index (κ3) is 7.67. The number of anilines is 6. The first-order valence-corrected chi connectivity index (χ1v) is 29.3.